The molecule has 1 aliphatic heterocycles. The summed E-state index contributed by atoms with van der Waals surface area (Å²) in [7, 11) is -3.64. The first-order chi connectivity index (χ1) is 12.5. The fourth-order valence-corrected chi connectivity index (χ4v) is 4.80. The molecule has 1 aromatic heterocycles. The molecule has 0 bridgehead atoms. The third kappa shape index (κ3) is 5.55. The van der Waals surface area contributed by atoms with E-state index in [1.165, 1.54) is 4.88 Å². The number of halogens is 3. The molecule has 1 fully saturated rings. The molecular formula is C15H24F3N5O2S2. The molecule has 0 saturated carbocycles. The fraction of sp³-hybridized carbons (Fsp3) is 0.733. The third-order valence-corrected chi connectivity index (χ3v) is 7.06. The molecule has 0 radical (unpaired) electrons. The second-order valence-corrected chi connectivity index (χ2v) is 9.48. The highest BCUT2D eigenvalue weighted by molar-refractivity contribution is 7.90. The molecular weight excluding hydrogens is 403 g/mol. The SMILES string of the molecule is CN=C(NCCc1sc(C)nc1C)NC1CCN(S(=O)(=O)C(F)(F)F)CC1. The maximum absolute atomic E-state index is 12.6. The summed E-state index contributed by atoms with van der Waals surface area (Å²) in [4.78, 5) is 9.69. The Kier molecular flexibility index (Phi) is 7.09. The van der Waals surface area contributed by atoms with Gasteiger partial charge in [-0.1, -0.05) is 0 Å². The quantitative estimate of drug-likeness (QED) is 0.553. The first-order valence-electron chi connectivity index (χ1n) is 8.51. The second-order valence-electron chi connectivity index (χ2n) is 6.26. The van der Waals surface area contributed by atoms with Gasteiger partial charge >= 0.3 is 15.5 Å². The van der Waals surface area contributed by atoms with E-state index in [2.05, 4.69) is 20.6 Å². The van der Waals surface area contributed by atoms with Gasteiger partial charge in [-0.3, -0.25) is 4.99 Å². The number of alkyl halides is 3. The van der Waals surface area contributed by atoms with Crippen LogP contribution in [0.3, 0.4) is 0 Å². The number of hydrogen-bond acceptors (Lipinski definition) is 5. The maximum Gasteiger partial charge on any atom is 0.511 e. The molecule has 27 heavy (non-hydrogen) atoms. The number of thiazole rings is 1. The fourth-order valence-electron chi connectivity index (χ4n) is 2.87. The molecule has 0 unspecified atom stereocenters. The summed E-state index contributed by atoms with van der Waals surface area (Å²) < 4.78 is 61.2. The lowest BCUT2D eigenvalue weighted by molar-refractivity contribution is -0.0494. The number of aromatic nitrogens is 1. The van der Waals surface area contributed by atoms with E-state index in [1.807, 2.05) is 13.8 Å². The van der Waals surface area contributed by atoms with Gasteiger partial charge in [0.15, 0.2) is 5.96 Å². The van der Waals surface area contributed by atoms with Crippen molar-refractivity contribution in [3.63, 3.8) is 0 Å². The Morgan fingerprint density at radius 2 is 1.96 bits per heavy atom. The largest absolute Gasteiger partial charge is 0.511 e. The molecule has 7 nitrogen and oxygen atoms in total. The van der Waals surface area contributed by atoms with Crippen LogP contribution < -0.4 is 10.6 Å². The lowest BCUT2D eigenvalue weighted by atomic mass is 10.1. The van der Waals surface area contributed by atoms with E-state index in [9.17, 15) is 21.6 Å². The van der Waals surface area contributed by atoms with Gasteiger partial charge in [-0.25, -0.2) is 13.4 Å². The Morgan fingerprint density at radius 1 is 1.33 bits per heavy atom. The van der Waals surface area contributed by atoms with E-state index in [0.717, 1.165) is 17.1 Å². The van der Waals surface area contributed by atoms with Crippen LogP contribution in [-0.4, -0.2) is 61.9 Å². The molecule has 154 valence electrons. The molecule has 0 atom stereocenters. The van der Waals surface area contributed by atoms with Gasteiger partial charge in [-0.05, 0) is 26.7 Å². The van der Waals surface area contributed by atoms with Crippen LogP contribution in [-0.2, 0) is 16.4 Å². The Labute approximate surface area is 161 Å². The average Bonchev–Trinajstić information content (AvgIpc) is 2.91. The minimum atomic E-state index is -5.25. The van der Waals surface area contributed by atoms with Gasteiger partial charge in [0.25, 0.3) is 0 Å². The van der Waals surface area contributed by atoms with Gasteiger partial charge in [0.1, 0.15) is 0 Å². The van der Waals surface area contributed by atoms with Gasteiger partial charge < -0.3 is 10.6 Å². The Bertz CT molecular complexity index is 769. The van der Waals surface area contributed by atoms with Crippen molar-refractivity contribution in [2.45, 2.75) is 44.7 Å². The number of aryl methyl sites for hydroxylation is 2. The minimum Gasteiger partial charge on any atom is -0.356 e. The van der Waals surface area contributed by atoms with E-state index < -0.39 is 15.5 Å². The first kappa shape index (κ1) is 21.9. The van der Waals surface area contributed by atoms with Crippen molar-refractivity contribution in [2.75, 3.05) is 26.7 Å². The lowest BCUT2D eigenvalue weighted by Gasteiger charge is -2.32. The molecule has 0 spiro atoms. The molecule has 12 heteroatoms. The van der Waals surface area contributed by atoms with E-state index in [-0.39, 0.29) is 32.0 Å². The van der Waals surface area contributed by atoms with Crippen molar-refractivity contribution in [1.82, 2.24) is 19.9 Å². The normalized spacial score (nSPS) is 17.9. The summed E-state index contributed by atoms with van der Waals surface area (Å²) in [5, 5.41) is 7.34. The number of aliphatic imine (C=N–C) groups is 1. The van der Waals surface area contributed by atoms with E-state index in [4.69, 9.17) is 0 Å². The zero-order valence-electron chi connectivity index (χ0n) is 15.4. The highest BCUT2D eigenvalue weighted by Crippen LogP contribution is 2.28. The van der Waals surface area contributed by atoms with E-state index in [0.29, 0.717) is 16.8 Å². The Hall–Kier alpha value is -1.40. The second kappa shape index (κ2) is 8.74. The van der Waals surface area contributed by atoms with Gasteiger partial charge in [0, 0.05) is 44.0 Å². The van der Waals surface area contributed by atoms with Crippen LogP contribution in [0.15, 0.2) is 4.99 Å². The van der Waals surface area contributed by atoms with Crippen molar-refractivity contribution < 1.29 is 21.6 Å². The zero-order chi connectivity index (χ0) is 20.2. The molecule has 1 aromatic rings. The van der Waals surface area contributed by atoms with Gasteiger partial charge in [-0.15, -0.1) is 11.3 Å². The van der Waals surface area contributed by atoms with Crippen LogP contribution in [0.25, 0.3) is 0 Å². The molecule has 2 rings (SSSR count). The third-order valence-electron chi connectivity index (χ3n) is 4.29. The van der Waals surface area contributed by atoms with Crippen molar-refractivity contribution in [2.24, 2.45) is 4.99 Å². The van der Waals surface area contributed by atoms with Gasteiger partial charge in [0.05, 0.1) is 10.7 Å². The summed E-state index contributed by atoms with van der Waals surface area (Å²) in [6, 6.07) is -0.136. The van der Waals surface area contributed by atoms with Crippen LogP contribution in [0.1, 0.15) is 28.4 Å². The number of rotatable bonds is 5. The summed E-state index contributed by atoms with van der Waals surface area (Å²) in [6.45, 7) is 4.23. The molecule has 2 heterocycles. The topological polar surface area (TPSA) is 86.7 Å². The highest BCUT2D eigenvalue weighted by atomic mass is 32.2. The first-order valence-corrected chi connectivity index (χ1v) is 10.8. The van der Waals surface area contributed by atoms with Crippen molar-refractivity contribution >= 4 is 27.3 Å². The van der Waals surface area contributed by atoms with Crippen LogP contribution in [0.5, 0.6) is 0 Å². The van der Waals surface area contributed by atoms with Crippen LogP contribution in [0, 0.1) is 13.8 Å². The van der Waals surface area contributed by atoms with Crippen molar-refractivity contribution in [3.8, 4) is 0 Å². The maximum atomic E-state index is 12.6. The minimum absolute atomic E-state index is 0.136. The van der Waals surface area contributed by atoms with Crippen LogP contribution >= 0.6 is 11.3 Å². The summed E-state index contributed by atoms with van der Waals surface area (Å²) >= 11 is 1.65. The standard InChI is InChI=1S/C15H24F3N5O2S2/c1-10-13(26-11(2)21-10)4-7-20-14(19-3)22-12-5-8-23(9-6-12)27(24,25)15(16,17)18/h12H,4-9H2,1-3H3,(H2,19,20,22). The smallest absolute Gasteiger partial charge is 0.356 e. The Morgan fingerprint density at radius 3 is 2.44 bits per heavy atom. The summed E-state index contributed by atoms with van der Waals surface area (Å²) in [5.41, 5.74) is -4.24. The van der Waals surface area contributed by atoms with Crippen molar-refractivity contribution in [1.29, 1.82) is 0 Å². The number of nitrogens with one attached hydrogen (secondary N) is 2. The van der Waals surface area contributed by atoms with E-state index >= 15 is 0 Å². The number of sulfonamides is 1. The lowest BCUT2D eigenvalue weighted by Crippen LogP contribution is -2.51. The summed E-state index contributed by atoms with van der Waals surface area (Å²) in [6.07, 6.45) is 1.35. The zero-order valence-corrected chi connectivity index (χ0v) is 17.1. The number of guanidine groups is 1. The molecule has 2 N–H and O–H groups in total. The van der Waals surface area contributed by atoms with Crippen LogP contribution in [0.4, 0.5) is 13.2 Å². The Balaban J connectivity index is 1.80. The molecule has 0 amide bonds. The van der Waals surface area contributed by atoms with Gasteiger partial charge in [0.2, 0.25) is 0 Å². The summed E-state index contributed by atoms with van der Waals surface area (Å²) in [5.74, 6) is 0.547. The molecule has 1 aliphatic rings. The van der Waals surface area contributed by atoms with E-state index in [1.54, 1.807) is 18.4 Å². The van der Waals surface area contributed by atoms with Crippen LogP contribution in [0.2, 0.25) is 0 Å². The molecule has 0 aliphatic carbocycles. The number of nitrogens with zero attached hydrogens (tertiary/aromatic N) is 3. The number of piperidine rings is 1. The highest BCUT2D eigenvalue weighted by Gasteiger charge is 2.50. The van der Waals surface area contributed by atoms with Gasteiger partial charge in [-0.2, -0.15) is 17.5 Å². The average molecular weight is 428 g/mol. The van der Waals surface area contributed by atoms with Crippen molar-refractivity contribution in [3.05, 3.63) is 15.6 Å². The predicted molar refractivity (Wildman–Crippen MR) is 99.4 cm³/mol. The molecule has 0 aromatic carbocycles. The molecule has 1 saturated heterocycles. The predicted octanol–water partition coefficient (Wildman–Crippen LogP) is 1.78. The monoisotopic (exact) mass is 427 g/mol. The number of hydrogen-bond donors (Lipinski definition) is 2.